The number of nitrogens with zero attached hydrogens (tertiary/aromatic N) is 3. The minimum absolute atomic E-state index is 0.106. The number of benzene rings is 1. The molecule has 0 atom stereocenters. The molecule has 0 saturated heterocycles. The lowest BCUT2D eigenvalue weighted by Crippen LogP contribution is -2.16. The fraction of sp³-hybridized carbons (Fsp3) is 0.263. The first kappa shape index (κ1) is 16.7. The molecular formula is C19H18N4O2S. The molecule has 2 heterocycles. The van der Waals surface area contributed by atoms with Crippen LogP contribution < -0.4 is 10.1 Å². The van der Waals surface area contributed by atoms with Gasteiger partial charge in [-0.15, -0.1) is 0 Å². The normalized spacial score (nSPS) is 14.7. The van der Waals surface area contributed by atoms with Gasteiger partial charge in [-0.3, -0.25) is 5.32 Å². The van der Waals surface area contributed by atoms with Crippen LogP contribution in [0.15, 0.2) is 42.6 Å². The van der Waals surface area contributed by atoms with Crippen molar-refractivity contribution in [3.8, 4) is 16.3 Å². The Morgan fingerprint density at radius 2 is 1.96 bits per heavy atom. The SMILES string of the molecule is Cc1nc(NC(=O)Oc2ccccc2)sc1-c1ccnc(C2(C)CC2)n1. The summed E-state index contributed by atoms with van der Waals surface area (Å²) in [5, 5.41) is 3.16. The third-order valence-electron chi connectivity index (χ3n) is 4.39. The molecule has 1 fully saturated rings. The molecule has 3 aromatic rings. The fourth-order valence-electron chi connectivity index (χ4n) is 2.58. The summed E-state index contributed by atoms with van der Waals surface area (Å²) in [5.74, 6) is 1.36. The number of carbonyl (C=O) groups excluding carboxylic acids is 1. The highest BCUT2D eigenvalue weighted by atomic mass is 32.1. The number of para-hydroxylation sites is 1. The summed E-state index contributed by atoms with van der Waals surface area (Å²) >= 11 is 1.38. The average Bonchev–Trinajstić information content (AvgIpc) is 3.29. The summed E-state index contributed by atoms with van der Waals surface area (Å²) in [5.41, 5.74) is 1.76. The molecule has 0 unspecified atom stereocenters. The van der Waals surface area contributed by atoms with Crippen LogP contribution in [0, 0.1) is 6.92 Å². The number of hydrogen-bond acceptors (Lipinski definition) is 6. The van der Waals surface area contributed by atoms with E-state index in [2.05, 4.69) is 22.2 Å². The van der Waals surface area contributed by atoms with Gasteiger partial charge >= 0.3 is 6.09 Å². The molecular weight excluding hydrogens is 348 g/mol. The van der Waals surface area contributed by atoms with E-state index in [4.69, 9.17) is 9.72 Å². The first-order valence-corrected chi connectivity index (χ1v) is 9.20. The summed E-state index contributed by atoms with van der Waals surface area (Å²) in [4.78, 5) is 26.5. The van der Waals surface area contributed by atoms with E-state index in [1.54, 1.807) is 30.5 Å². The van der Waals surface area contributed by atoms with Gasteiger partial charge in [0.05, 0.1) is 16.3 Å². The zero-order valence-corrected chi connectivity index (χ0v) is 15.3. The van der Waals surface area contributed by atoms with Crippen molar-refractivity contribution >= 4 is 22.6 Å². The van der Waals surface area contributed by atoms with Gasteiger partial charge in [0, 0.05) is 11.6 Å². The Hall–Kier alpha value is -2.80. The van der Waals surface area contributed by atoms with Gasteiger partial charge in [0.25, 0.3) is 0 Å². The molecule has 1 aromatic carbocycles. The Morgan fingerprint density at radius 3 is 2.69 bits per heavy atom. The molecule has 0 radical (unpaired) electrons. The van der Waals surface area contributed by atoms with Crippen LogP contribution in [0.4, 0.5) is 9.93 Å². The van der Waals surface area contributed by atoms with Crippen LogP contribution in [0.3, 0.4) is 0 Å². The largest absolute Gasteiger partial charge is 0.418 e. The maximum absolute atomic E-state index is 12.0. The lowest BCUT2D eigenvalue weighted by Gasteiger charge is -2.07. The maximum atomic E-state index is 12.0. The van der Waals surface area contributed by atoms with Crippen LogP contribution >= 0.6 is 11.3 Å². The van der Waals surface area contributed by atoms with Crippen molar-refractivity contribution in [1.82, 2.24) is 15.0 Å². The summed E-state index contributed by atoms with van der Waals surface area (Å²) in [6.45, 7) is 4.08. The summed E-state index contributed by atoms with van der Waals surface area (Å²) in [6.07, 6.45) is 3.47. The lowest BCUT2D eigenvalue weighted by molar-refractivity contribution is 0.215. The quantitative estimate of drug-likeness (QED) is 0.732. The van der Waals surface area contributed by atoms with Crippen LogP contribution in [-0.2, 0) is 5.41 Å². The van der Waals surface area contributed by atoms with Crippen molar-refractivity contribution in [3.63, 3.8) is 0 Å². The Kier molecular flexibility index (Phi) is 4.16. The Bertz CT molecular complexity index is 951. The van der Waals surface area contributed by atoms with Gasteiger partial charge in [-0.05, 0) is 38.0 Å². The topological polar surface area (TPSA) is 77.0 Å². The van der Waals surface area contributed by atoms with Crippen LogP contribution in [-0.4, -0.2) is 21.0 Å². The molecule has 1 saturated carbocycles. The molecule has 4 rings (SSSR count). The Labute approximate surface area is 155 Å². The van der Waals surface area contributed by atoms with Gasteiger partial charge in [0.1, 0.15) is 11.6 Å². The first-order valence-electron chi connectivity index (χ1n) is 8.39. The Morgan fingerprint density at radius 1 is 1.19 bits per heavy atom. The van der Waals surface area contributed by atoms with Crippen molar-refractivity contribution in [2.45, 2.75) is 32.1 Å². The number of aryl methyl sites for hydroxylation is 1. The van der Waals surface area contributed by atoms with E-state index < -0.39 is 6.09 Å². The van der Waals surface area contributed by atoms with Gasteiger partial charge in [-0.1, -0.05) is 36.5 Å². The molecule has 0 spiro atoms. The van der Waals surface area contributed by atoms with Gasteiger partial charge in [-0.2, -0.15) is 0 Å². The zero-order valence-electron chi connectivity index (χ0n) is 14.5. The highest BCUT2D eigenvalue weighted by Gasteiger charge is 2.42. The minimum atomic E-state index is -0.564. The zero-order chi connectivity index (χ0) is 18.1. The number of hydrogen-bond donors (Lipinski definition) is 1. The lowest BCUT2D eigenvalue weighted by atomic mass is 10.1. The molecule has 1 aliphatic rings. The van der Waals surface area contributed by atoms with Crippen molar-refractivity contribution in [2.75, 3.05) is 5.32 Å². The second-order valence-electron chi connectivity index (χ2n) is 6.59. The number of aromatic nitrogens is 3. The monoisotopic (exact) mass is 366 g/mol. The standard InChI is InChI=1S/C19H18N4O2S/c1-12-15(14-8-11-20-16(22-14)19(2)9-10-19)26-17(21-12)23-18(24)25-13-6-4-3-5-7-13/h3-8,11H,9-10H2,1-2H3,(H,21,23,24). The predicted molar refractivity (Wildman–Crippen MR) is 101 cm³/mol. The van der Waals surface area contributed by atoms with Crippen molar-refractivity contribution in [2.24, 2.45) is 0 Å². The van der Waals surface area contributed by atoms with Crippen LogP contribution in [0.5, 0.6) is 5.75 Å². The number of ether oxygens (including phenoxy) is 1. The molecule has 6 nitrogen and oxygen atoms in total. The minimum Gasteiger partial charge on any atom is -0.410 e. The van der Waals surface area contributed by atoms with Crippen LogP contribution in [0.2, 0.25) is 0 Å². The van der Waals surface area contributed by atoms with Gasteiger partial charge in [-0.25, -0.2) is 19.7 Å². The van der Waals surface area contributed by atoms with Crippen molar-refractivity contribution < 1.29 is 9.53 Å². The van der Waals surface area contributed by atoms with Gasteiger partial charge in [0.2, 0.25) is 0 Å². The number of amides is 1. The predicted octanol–water partition coefficient (Wildman–Crippen LogP) is 4.57. The third-order valence-corrected chi connectivity index (χ3v) is 5.48. The molecule has 2 aromatic heterocycles. The molecule has 1 amide bonds. The number of carbonyl (C=O) groups is 1. The highest BCUT2D eigenvalue weighted by molar-refractivity contribution is 7.19. The smallest absolute Gasteiger partial charge is 0.410 e. The van der Waals surface area contributed by atoms with Crippen LogP contribution in [0.1, 0.15) is 31.3 Å². The first-order chi connectivity index (χ1) is 12.5. The molecule has 1 N–H and O–H groups in total. The van der Waals surface area contributed by atoms with E-state index in [-0.39, 0.29) is 5.41 Å². The van der Waals surface area contributed by atoms with E-state index in [9.17, 15) is 4.79 Å². The van der Waals surface area contributed by atoms with Gasteiger partial charge in [0.15, 0.2) is 5.13 Å². The maximum Gasteiger partial charge on any atom is 0.418 e. The summed E-state index contributed by atoms with van der Waals surface area (Å²) < 4.78 is 5.24. The second-order valence-corrected chi connectivity index (χ2v) is 7.59. The summed E-state index contributed by atoms with van der Waals surface area (Å²) in [6, 6.07) is 10.8. The molecule has 1 aliphatic carbocycles. The number of thiazole rings is 1. The number of anilines is 1. The van der Waals surface area contributed by atoms with Gasteiger partial charge < -0.3 is 4.74 Å². The molecule has 132 valence electrons. The third kappa shape index (κ3) is 3.43. The number of rotatable bonds is 4. The highest BCUT2D eigenvalue weighted by Crippen LogP contribution is 2.46. The van der Waals surface area contributed by atoms with E-state index >= 15 is 0 Å². The second kappa shape index (κ2) is 6.49. The van der Waals surface area contributed by atoms with E-state index in [1.165, 1.54) is 11.3 Å². The summed E-state index contributed by atoms with van der Waals surface area (Å²) in [7, 11) is 0. The fourth-order valence-corrected chi connectivity index (χ4v) is 3.50. The van der Waals surface area contributed by atoms with E-state index in [0.29, 0.717) is 10.9 Å². The van der Waals surface area contributed by atoms with E-state index in [0.717, 1.165) is 34.9 Å². The van der Waals surface area contributed by atoms with Crippen molar-refractivity contribution in [3.05, 3.63) is 54.1 Å². The molecule has 26 heavy (non-hydrogen) atoms. The molecule has 0 aliphatic heterocycles. The average molecular weight is 366 g/mol. The van der Waals surface area contributed by atoms with Crippen LogP contribution in [0.25, 0.3) is 10.6 Å². The van der Waals surface area contributed by atoms with E-state index in [1.807, 2.05) is 19.1 Å². The molecule has 7 heteroatoms. The van der Waals surface area contributed by atoms with Crippen molar-refractivity contribution in [1.29, 1.82) is 0 Å². The Balaban J connectivity index is 1.52. The number of nitrogens with one attached hydrogen (secondary N) is 1. The molecule has 0 bridgehead atoms.